The average molecular weight is 843 g/mol. The van der Waals surface area contributed by atoms with Crippen molar-refractivity contribution in [2.24, 2.45) is 11.8 Å². The lowest BCUT2D eigenvalue weighted by Gasteiger charge is -2.41. The van der Waals surface area contributed by atoms with Crippen molar-refractivity contribution in [1.29, 1.82) is 0 Å². The van der Waals surface area contributed by atoms with Crippen LogP contribution in [0.5, 0.6) is 0 Å². The van der Waals surface area contributed by atoms with E-state index in [-0.39, 0.29) is 29.2 Å². The van der Waals surface area contributed by atoms with Gasteiger partial charge in [-0.1, -0.05) is 108 Å². The minimum absolute atomic E-state index is 0.139. The van der Waals surface area contributed by atoms with Gasteiger partial charge in [0.2, 0.25) is 11.1 Å². The molecule has 292 valence electrons. The fraction of sp³-hybridized carbons (Fsp3) is 0.409. The Labute approximate surface area is 351 Å². The lowest BCUT2D eigenvalue weighted by Crippen LogP contribution is -2.52. The van der Waals surface area contributed by atoms with E-state index in [0.29, 0.717) is 5.91 Å². The van der Waals surface area contributed by atoms with Crippen molar-refractivity contribution < 1.29 is 9.59 Å². The molecule has 4 fully saturated rings. The third kappa shape index (κ3) is 11.7. The maximum absolute atomic E-state index is 12.5. The Morgan fingerprint density at radius 1 is 0.491 bits per heavy atom. The highest BCUT2D eigenvalue weighted by Gasteiger charge is 2.33. The van der Waals surface area contributed by atoms with Crippen molar-refractivity contribution in [2.45, 2.75) is 50.6 Å². The van der Waals surface area contributed by atoms with Gasteiger partial charge in [-0.2, -0.15) is 0 Å². The zero-order chi connectivity index (χ0) is 38.7. The van der Waals surface area contributed by atoms with E-state index in [9.17, 15) is 9.59 Å². The first-order valence-corrected chi connectivity index (χ1v) is 21.2. The molecule has 0 atom stereocenters. The molecule has 55 heavy (non-hydrogen) atoms. The van der Waals surface area contributed by atoms with Crippen LogP contribution in [0.4, 0.5) is 0 Å². The number of nitrogens with one attached hydrogen (secondary N) is 1. The molecular weight excluding hydrogens is 794 g/mol. The highest BCUT2D eigenvalue weighted by Crippen LogP contribution is 2.34. The molecule has 4 aromatic rings. The van der Waals surface area contributed by atoms with Gasteiger partial charge in [-0.15, -0.1) is 0 Å². The number of piperazine rings is 2. The highest BCUT2D eigenvalue weighted by molar-refractivity contribution is 6.64. The number of hydrogen-bond acceptors (Lipinski definition) is 5. The fourth-order valence-electron chi connectivity index (χ4n) is 7.50. The maximum Gasteiger partial charge on any atom is 0.225 e. The molecule has 0 bridgehead atoms. The first kappa shape index (κ1) is 42.0. The van der Waals surface area contributed by atoms with Crippen molar-refractivity contribution in [3.63, 3.8) is 0 Å². The molecule has 0 unspecified atom stereocenters. The molecule has 1 amide bonds. The molecule has 8 rings (SSSR count). The normalized spacial score (nSPS) is 18.1. The molecular formula is C44H49Cl5N4O2. The zero-order valence-corrected chi connectivity index (χ0v) is 34.8. The third-order valence-corrected chi connectivity index (χ3v) is 12.4. The predicted octanol–water partition coefficient (Wildman–Crippen LogP) is 10.6. The predicted molar refractivity (Wildman–Crippen MR) is 228 cm³/mol. The van der Waals surface area contributed by atoms with Gasteiger partial charge in [0, 0.05) is 84.3 Å². The molecule has 2 heterocycles. The number of rotatable bonds is 8. The molecule has 6 nitrogen and oxygen atoms in total. The van der Waals surface area contributed by atoms with Gasteiger partial charge in [0.05, 0.1) is 12.1 Å². The summed E-state index contributed by atoms with van der Waals surface area (Å²) >= 11 is 29.4. The molecule has 11 heteroatoms. The number of nitrogens with zero attached hydrogens (tertiary/aromatic N) is 3. The van der Waals surface area contributed by atoms with Gasteiger partial charge in [0.15, 0.2) is 0 Å². The molecule has 0 radical (unpaired) electrons. The molecule has 1 N–H and O–H groups in total. The zero-order valence-electron chi connectivity index (χ0n) is 31.0. The van der Waals surface area contributed by atoms with Gasteiger partial charge >= 0.3 is 0 Å². The van der Waals surface area contributed by atoms with Crippen molar-refractivity contribution in [1.82, 2.24) is 20.0 Å². The van der Waals surface area contributed by atoms with Crippen LogP contribution in [0.25, 0.3) is 0 Å². The van der Waals surface area contributed by atoms with Crippen molar-refractivity contribution in [3.05, 3.63) is 139 Å². The van der Waals surface area contributed by atoms with Crippen LogP contribution in [0.15, 0.2) is 97.1 Å². The SMILES string of the molecule is Clc1ccc(C(c2ccc(Cl)cc2)N2CCNCC2)cc1.O=C(C1CCC1)N1CCN(C(c2ccc(Cl)cc2)c2ccc(Cl)cc2)CC1.O=C(Cl)C1CCC1. The van der Waals surface area contributed by atoms with E-state index in [1.165, 1.54) is 35.1 Å². The van der Waals surface area contributed by atoms with Crippen LogP contribution in [0.3, 0.4) is 0 Å². The van der Waals surface area contributed by atoms with Crippen LogP contribution in [0, 0.1) is 11.8 Å². The largest absolute Gasteiger partial charge is 0.340 e. The average Bonchev–Trinajstić information content (AvgIpc) is 3.15. The minimum atomic E-state index is -0.147. The summed E-state index contributed by atoms with van der Waals surface area (Å²) in [4.78, 5) is 29.8. The second-order valence-corrected chi connectivity index (χ2v) is 16.8. The van der Waals surface area contributed by atoms with Crippen molar-refractivity contribution >= 4 is 69.2 Å². The summed E-state index contributed by atoms with van der Waals surface area (Å²) in [6, 6.07) is 32.8. The molecule has 4 aromatic carbocycles. The first-order valence-electron chi connectivity index (χ1n) is 19.3. The third-order valence-electron chi connectivity index (χ3n) is 11.1. The van der Waals surface area contributed by atoms with Crippen LogP contribution in [0.1, 0.15) is 72.9 Å². The lowest BCUT2D eigenvalue weighted by molar-refractivity contribution is -0.140. The summed E-state index contributed by atoms with van der Waals surface area (Å²) in [5, 5.41) is 6.28. The second-order valence-electron chi connectivity index (χ2n) is 14.7. The van der Waals surface area contributed by atoms with Crippen LogP contribution in [-0.4, -0.2) is 78.2 Å². The van der Waals surface area contributed by atoms with E-state index in [1.54, 1.807) is 0 Å². The van der Waals surface area contributed by atoms with Gasteiger partial charge in [-0.3, -0.25) is 19.4 Å². The molecule has 0 aromatic heterocycles. The van der Waals surface area contributed by atoms with Gasteiger partial charge in [0.1, 0.15) is 0 Å². The summed E-state index contributed by atoms with van der Waals surface area (Å²) in [7, 11) is 0. The van der Waals surface area contributed by atoms with Crippen molar-refractivity contribution in [3.8, 4) is 0 Å². The Bertz CT molecular complexity index is 1710. The number of carbonyl (C=O) groups is 2. The minimum Gasteiger partial charge on any atom is -0.340 e. The smallest absolute Gasteiger partial charge is 0.225 e. The number of halogens is 5. The van der Waals surface area contributed by atoms with Crippen LogP contribution in [-0.2, 0) is 9.59 Å². The van der Waals surface area contributed by atoms with Gasteiger partial charge in [0.25, 0.3) is 0 Å². The Morgan fingerprint density at radius 3 is 1.09 bits per heavy atom. The van der Waals surface area contributed by atoms with Crippen LogP contribution < -0.4 is 5.32 Å². The quantitative estimate of drug-likeness (QED) is 0.179. The molecule has 4 aliphatic rings. The molecule has 0 spiro atoms. The molecule has 2 aliphatic carbocycles. The number of hydrogen-bond donors (Lipinski definition) is 1. The summed E-state index contributed by atoms with van der Waals surface area (Å²) in [6.45, 7) is 7.46. The van der Waals surface area contributed by atoms with E-state index in [4.69, 9.17) is 58.0 Å². The van der Waals surface area contributed by atoms with E-state index < -0.39 is 0 Å². The molecule has 2 saturated carbocycles. The summed E-state index contributed by atoms with van der Waals surface area (Å²) < 4.78 is 0. The van der Waals surface area contributed by atoms with E-state index >= 15 is 0 Å². The summed E-state index contributed by atoms with van der Waals surface area (Å²) in [6.07, 6.45) is 6.55. The highest BCUT2D eigenvalue weighted by atomic mass is 35.5. The molecule has 2 saturated heterocycles. The summed E-state index contributed by atoms with van der Waals surface area (Å²) in [5.41, 5.74) is 4.95. The van der Waals surface area contributed by atoms with Gasteiger partial charge in [-0.25, -0.2) is 0 Å². The van der Waals surface area contributed by atoms with E-state index in [2.05, 4.69) is 68.5 Å². The first-order chi connectivity index (χ1) is 26.7. The summed E-state index contributed by atoms with van der Waals surface area (Å²) in [5.74, 6) is 0.844. The number of amides is 1. The van der Waals surface area contributed by atoms with Gasteiger partial charge < -0.3 is 10.2 Å². The lowest BCUT2D eigenvalue weighted by atomic mass is 9.84. The Morgan fingerprint density at radius 2 is 0.818 bits per heavy atom. The standard InChI is InChI=1S/C22H24Cl2N2O.C17H18Cl2N2.C5H7ClO/c23-19-8-4-16(5-9-19)21(17-6-10-20(24)11-7-17)25-12-14-26(15-13-25)22(27)18-2-1-3-18;18-15-5-1-13(2-6-15)17(21-11-9-20-10-12-21)14-3-7-16(19)8-4-14;6-5(7)4-2-1-3-4/h4-11,18,21H,1-3,12-15H2;1-8,17,20H,9-12H2;4H,1-3H2. The van der Waals surface area contributed by atoms with Gasteiger partial charge in [-0.05, 0) is 108 Å². The van der Waals surface area contributed by atoms with E-state index in [0.717, 1.165) is 98.1 Å². The van der Waals surface area contributed by atoms with Crippen LogP contribution >= 0.6 is 58.0 Å². The fourth-order valence-corrected chi connectivity index (χ4v) is 8.22. The number of carbonyl (C=O) groups excluding carboxylic acids is 2. The second kappa shape index (κ2) is 20.7. The Balaban J connectivity index is 0.000000162. The Hall–Kier alpha value is -2.65. The van der Waals surface area contributed by atoms with Crippen LogP contribution in [0.2, 0.25) is 20.1 Å². The molecule has 2 aliphatic heterocycles. The number of benzene rings is 4. The monoisotopic (exact) mass is 840 g/mol. The Kier molecular flexibility index (Phi) is 15.8. The van der Waals surface area contributed by atoms with E-state index in [1.807, 2.05) is 48.5 Å². The maximum atomic E-state index is 12.5. The topological polar surface area (TPSA) is 55.9 Å². The van der Waals surface area contributed by atoms with Crippen molar-refractivity contribution in [2.75, 3.05) is 52.4 Å².